The van der Waals surface area contributed by atoms with Crippen LogP contribution >= 0.6 is 11.8 Å². The molecule has 0 spiro atoms. The molecule has 3 heteroatoms. The predicted molar refractivity (Wildman–Crippen MR) is 59.0 cm³/mol. The number of thioether (sulfide) groups is 1. The molecule has 3 aliphatic rings. The summed E-state index contributed by atoms with van der Waals surface area (Å²) in [4.78, 5) is 11.7. The quantitative estimate of drug-likeness (QED) is 0.667. The molecule has 15 heavy (non-hydrogen) atoms. The van der Waals surface area contributed by atoms with E-state index in [0.717, 1.165) is 6.42 Å². The molecule has 0 aromatic rings. The molecule has 1 aliphatic heterocycles. The van der Waals surface area contributed by atoms with Gasteiger partial charge in [-0.2, -0.15) is 0 Å². The Morgan fingerprint density at radius 3 is 3.20 bits per heavy atom. The van der Waals surface area contributed by atoms with Gasteiger partial charge in [-0.3, -0.25) is 4.79 Å². The molecule has 0 amide bonds. The van der Waals surface area contributed by atoms with Gasteiger partial charge in [0.05, 0.1) is 18.3 Å². The molecular weight excluding hydrogens is 208 g/mol. The zero-order chi connectivity index (χ0) is 10.4. The molecule has 0 aromatic carbocycles. The largest absolute Gasteiger partial charge is 0.466 e. The van der Waals surface area contributed by atoms with Crippen molar-refractivity contribution in [2.75, 3.05) is 6.61 Å². The molecule has 3 unspecified atom stereocenters. The van der Waals surface area contributed by atoms with Crippen LogP contribution in [0.4, 0.5) is 0 Å². The van der Waals surface area contributed by atoms with Crippen molar-refractivity contribution in [2.24, 2.45) is 11.8 Å². The van der Waals surface area contributed by atoms with Crippen LogP contribution in [0, 0.1) is 17.6 Å². The van der Waals surface area contributed by atoms with Gasteiger partial charge in [-0.25, -0.2) is 0 Å². The SMILES string of the molecule is CCOC(=O)C1[C]SC2C3=CC=C(C3)C12. The van der Waals surface area contributed by atoms with E-state index in [2.05, 4.69) is 17.9 Å². The second-order valence-corrected chi connectivity index (χ2v) is 5.05. The molecule has 78 valence electrons. The maximum atomic E-state index is 11.7. The summed E-state index contributed by atoms with van der Waals surface area (Å²) >= 11 is 1.68. The molecule has 1 saturated heterocycles. The standard InChI is InChI=1S/C12H12O2S/c1-2-14-12(13)9-6-15-11-8-4-3-7(5-8)10(9)11/h3-4,9-11H,2,5H2,1H3. The van der Waals surface area contributed by atoms with E-state index < -0.39 is 0 Å². The molecule has 1 saturated carbocycles. The van der Waals surface area contributed by atoms with E-state index in [1.54, 1.807) is 11.8 Å². The Morgan fingerprint density at radius 1 is 1.60 bits per heavy atom. The first-order chi connectivity index (χ1) is 7.31. The Morgan fingerprint density at radius 2 is 2.40 bits per heavy atom. The summed E-state index contributed by atoms with van der Waals surface area (Å²) in [7, 11) is 0. The molecule has 2 nitrogen and oxygen atoms in total. The topological polar surface area (TPSA) is 26.3 Å². The third-order valence-electron chi connectivity index (χ3n) is 3.26. The van der Waals surface area contributed by atoms with E-state index in [1.165, 1.54) is 11.1 Å². The van der Waals surface area contributed by atoms with Crippen molar-refractivity contribution >= 4 is 17.7 Å². The Hall–Kier alpha value is -0.700. The van der Waals surface area contributed by atoms with Crippen molar-refractivity contribution in [3.05, 3.63) is 29.1 Å². The summed E-state index contributed by atoms with van der Waals surface area (Å²) < 4.78 is 5.08. The number of carbonyl (C=O) groups excluding carboxylic acids is 1. The van der Waals surface area contributed by atoms with E-state index in [-0.39, 0.29) is 11.9 Å². The highest BCUT2D eigenvalue weighted by molar-refractivity contribution is 8.02. The van der Waals surface area contributed by atoms with Crippen LogP contribution in [0.1, 0.15) is 13.3 Å². The van der Waals surface area contributed by atoms with Gasteiger partial charge in [0.1, 0.15) is 0 Å². The zero-order valence-electron chi connectivity index (χ0n) is 8.53. The summed E-state index contributed by atoms with van der Waals surface area (Å²) in [6, 6.07) is 0. The minimum atomic E-state index is -0.141. The van der Waals surface area contributed by atoms with Gasteiger partial charge < -0.3 is 4.74 Å². The lowest BCUT2D eigenvalue weighted by Gasteiger charge is -2.18. The fraction of sp³-hybridized carbons (Fsp3) is 0.500. The summed E-state index contributed by atoms with van der Waals surface area (Å²) in [5.74, 6) is 3.30. The van der Waals surface area contributed by atoms with Crippen LogP contribution in [0.15, 0.2) is 23.3 Å². The highest BCUT2D eigenvalue weighted by atomic mass is 32.2. The highest BCUT2D eigenvalue weighted by Crippen LogP contribution is 2.57. The first kappa shape index (κ1) is 9.52. The van der Waals surface area contributed by atoms with Crippen LogP contribution < -0.4 is 0 Å². The van der Waals surface area contributed by atoms with Gasteiger partial charge in [-0.05, 0) is 13.3 Å². The van der Waals surface area contributed by atoms with Crippen molar-refractivity contribution in [3.63, 3.8) is 0 Å². The number of hydrogen-bond donors (Lipinski definition) is 0. The molecule has 2 fully saturated rings. The van der Waals surface area contributed by atoms with Gasteiger partial charge in [-0.15, -0.1) is 11.8 Å². The minimum absolute atomic E-state index is 0.105. The van der Waals surface area contributed by atoms with E-state index >= 15 is 0 Å². The van der Waals surface area contributed by atoms with E-state index in [4.69, 9.17) is 4.74 Å². The summed E-state index contributed by atoms with van der Waals surface area (Å²) in [6.45, 7) is 2.31. The fourth-order valence-corrected chi connectivity index (χ4v) is 3.93. The van der Waals surface area contributed by atoms with Gasteiger partial charge in [0.2, 0.25) is 0 Å². The van der Waals surface area contributed by atoms with Crippen molar-refractivity contribution in [1.29, 1.82) is 0 Å². The van der Waals surface area contributed by atoms with Crippen LogP contribution in [0.3, 0.4) is 0 Å². The number of fused-ring (bicyclic) bond motifs is 5. The van der Waals surface area contributed by atoms with E-state index in [9.17, 15) is 4.79 Å². The van der Waals surface area contributed by atoms with Crippen molar-refractivity contribution in [1.82, 2.24) is 0 Å². The van der Waals surface area contributed by atoms with Crippen molar-refractivity contribution in [3.8, 4) is 0 Å². The molecule has 2 radical (unpaired) electrons. The summed E-state index contributed by atoms with van der Waals surface area (Å²) in [5, 5.41) is 0.472. The number of allylic oxidation sites excluding steroid dienone is 3. The maximum absolute atomic E-state index is 11.7. The molecule has 3 atom stereocenters. The summed E-state index contributed by atoms with van der Waals surface area (Å²) in [6.07, 6.45) is 5.43. The monoisotopic (exact) mass is 220 g/mol. The van der Waals surface area contributed by atoms with Crippen LogP contribution in [-0.2, 0) is 9.53 Å². The second-order valence-electron chi connectivity index (χ2n) is 4.07. The lowest BCUT2D eigenvalue weighted by Crippen LogP contribution is -2.25. The number of hydrogen-bond acceptors (Lipinski definition) is 3. The number of carbonyl (C=O) groups is 1. The number of esters is 1. The van der Waals surface area contributed by atoms with Gasteiger partial charge >= 0.3 is 5.97 Å². The highest BCUT2D eigenvalue weighted by Gasteiger charge is 2.50. The van der Waals surface area contributed by atoms with Gasteiger partial charge in [0, 0.05) is 11.2 Å². The Labute approximate surface area is 93.8 Å². The van der Waals surface area contributed by atoms with Crippen LogP contribution in [0.25, 0.3) is 0 Å². The van der Waals surface area contributed by atoms with Gasteiger partial charge in [-0.1, -0.05) is 23.3 Å². The van der Waals surface area contributed by atoms with Crippen LogP contribution in [0.5, 0.6) is 0 Å². The first-order valence-corrected chi connectivity index (χ1v) is 6.16. The molecule has 0 aromatic heterocycles. The van der Waals surface area contributed by atoms with Crippen molar-refractivity contribution in [2.45, 2.75) is 18.6 Å². The lowest BCUT2D eigenvalue weighted by atomic mass is 9.87. The van der Waals surface area contributed by atoms with Gasteiger partial charge in [0.15, 0.2) is 0 Å². The third kappa shape index (κ3) is 1.29. The molecular formula is C12H12O2S. The lowest BCUT2D eigenvalue weighted by molar-refractivity contribution is -0.147. The van der Waals surface area contributed by atoms with E-state index in [0.29, 0.717) is 17.8 Å². The fourth-order valence-electron chi connectivity index (χ4n) is 2.60. The number of ether oxygens (including phenoxy) is 1. The zero-order valence-corrected chi connectivity index (χ0v) is 9.34. The molecule has 1 heterocycles. The first-order valence-electron chi connectivity index (χ1n) is 5.28. The average molecular weight is 220 g/mol. The normalized spacial score (nSPS) is 36.2. The predicted octanol–water partition coefficient (Wildman–Crippen LogP) is 2.21. The average Bonchev–Trinajstić information content (AvgIpc) is 2.90. The molecule has 0 N–H and O–H groups in total. The third-order valence-corrected chi connectivity index (χ3v) is 4.50. The second kappa shape index (κ2) is 3.41. The van der Waals surface area contributed by atoms with E-state index in [1.807, 2.05) is 6.92 Å². The number of rotatable bonds is 2. The molecule has 3 rings (SSSR count). The Balaban J connectivity index is 1.81. The molecule has 2 aliphatic carbocycles. The maximum Gasteiger partial charge on any atom is 0.311 e. The molecule has 2 bridgehead atoms. The van der Waals surface area contributed by atoms with Crippen LogP contribution in [0.2, 0.25) is 0 Å². The van der Waals surface area contributed by atoms with Crippen LogP contribution in [-0.4, -0.2) is 17.8 Å². The summed E-state index contributed by atoms with van der Waals surface area (Å²) in [5.41, 5.74) is 2.85. The van der Waals surface area contributed by atoms with Gasteiger partial charge in [0.25, 0.3) is 0 Å². The van der Waals surface area contributed by atoms with Crippen molar-refractivity contribution < 1.29 is 9.53 Å². The smallest absolute Gasteiger partial charge is 0.311 e. The Kier molecular flexibility index (Phi) is 2.16. The minimum Gasteiger partial charge on any atom is -0.466 e. The Bertz CT molecular complexity index is 370.